The number of allylic oxidation sites excluding steroid dienone is 2. The van der Waals surface area contributed by atoms with Gasteiger partial charge in [0.25, 0.3) is 0 Å². The second-order valence-electron chi connectivity index (χ2n) is 9.21. The van der Waals surface area contributed by atoms with Crippen LogP contribution in [0.4, 0.5) is 0 Å². The molecular weight excluding hydrogens is 504 g/mol. The maximum absolute atomic E-state index is 4.80. The van der Waals surface area contributed by atoms with E-state index >= 15 is 0 Å². The van der Waals surface area contributed by atoms with Crippen molar-refractivity contribution < 1.29 is 23.2 Å². The molecule has 0 fully saturated rings. The van der Waals surface area contributed by atoms with Crippen molar-refractivity contribution in [3.8, 4) is 0 Å². The Morgan fingerprint density at radius 1 is 0.600 bits per heavy atom. The van der Waals surface area contributed by atoms with Crippen LogP contribution in [0.15, 0.2) is 85.2 Å². The van der Waals surface area contributed by atoms with Gasteiger partial charge in [-0.05, 0) is 0 Å². The molecule has 0 saturated heterocycles. The van der Waals surface area contributed by atoms with Crippen LogP contribution in [-0.2, 0) is 36.1 Å². The number of aromatic nitrogens is 2. The van der Waals surface area contributed by atoms with Crippen molar-refractivity contribution in [2.75, 3.05) is 0 Å². The zero-order valence-corrected chi connectivity index (χ0v) is 22.7. The van der Waals surface area contributed by atoms with E-state index in [0.29, 0.717) is 7.25 Å². The van der Waals surface area contributed by atoms with Crippen molar-refractivity contribution in [2.45, 2.75) is 33.9 Å². The molecule has 0 bridgehead atoms. The van der Waals surface area contributed by atoms with E-state index in [-0.39, 0.29) is 0 Å². The van der Waals surface area contributed by atoms with Crippen LogP contribution in [0.3, 0.4) is 0 Å². The summed E-state index contributed by atoms with van der Waals surface area (Å²) in [6.07, 6.45) is 10.9. The summed E-state index contributed by atoms with van der Waals surface area (Å²) in [4.78, 5) is 9.61. The van der Waals surface area contributed by atoms with E-state index in [1.165, 1.54) is 44.5 Å². The van der Waals surface area contributed by atoms with Crippen LogP contribution in [0.5, 0.6) is 0 Å². The van der Waals surface area contributed by atoms with E-state index in [0.717, 1.165) is 24.2 Å². The summed E-state index contributed by atoms with van der Waals surface area (Å²) in [5.74, 6) is 0. The van der Waals surface area contributed by atoms with Gasteiger partial charge in [-0.1, -0.05) is 0 Å². The van der Waals surface area contributed by atoms with Crippen molar-refractivity contribution >= 4 is 23.3 Å². The Kier molecular flexibility index (Phi) is 6.21. The first-order chi connectivity index (χ1) is 17.3. The molecule has 0 amide bonds. The number of pyridine rings is 2. The molecule has 2 aromatic carbocycles. The first kappa shape index (κ1) is 22.6. The van der Waals surface area contributed by atoms with E-state index < -0.39 is 23.2 Å². The fourth-order valence-corrected chi connectivity index (χ4v) is 10.5. The van der Waals surface area contributed by atoms with Gasteiger partial charge in [0.15, 0.2) is 0 Å². The number of fused-ring (bicyclic) bond motifs is 2. The summed E-state index contributed by atoms with van der Waals surface area (Å²) in [6, 6.07) is 26.5. The molecule has 0 radical (unpaired) electrons. The van der Waals surface area contributed by atoms with Gasteiger partial charge >= 0.3 is 220 Å². The monoisotopic (exact) mass is 530 g/mol. The fourth-order valence-electron chi connectivity index (χ4n) is 5.59. The number of rotatable bonds is 6. The molecule has 3 heteroatoms. The quantitative estimate of drug-likeness (QED) is 0.256. The Morgan fingerprint density at radius 2 is 1.09 bits per heavy atom. The minimum atomic E-state index is -1.08. The summed E-state index contributed by atoms with van der Waals surface area (Å²) in [5, 5.41) is 0. The van der Waals surface area contributed by atoms with Crippen LogP contribution in [0.1, 0.15) is 65.9 Å². The van der Waals surface area contributed by atoms with Crippen LogP contribution in [0.2, 0.25) is 0 Å². The molecule has 0 saturated carbocycles. The summed E-state index contributed by atoms with van der Waals surface area (Å²) >= 11 is -1.08. The van der Waals surface area contributed by atoms with Crippen LogP contribution in [0.25, 0.3) is 23.3 Å². The molecule has 35 heavy (non-hydrogen) atoms. The Balaban J connectivity index is 1.49. The third-order valence-corrected chi connectivity index (χ3v) is 12.0. The molecule has 2 unspecified atom stereocenters. The van der Waals surface area contributed by atoms with Gasteiger partial charge in [0.1, 0.15) is 0 Å². The normalized spacial score (nSPS) is 18.0. The topological polar surface area (TPSA) is 25.8 Å². The van der Waals surface area contributed by atoms with Gasteiger partial charge in [0.05, 0.1) is 0 Å². The first-order valence-corrected chi connectivity index (χ1v) is 15.4. The third-order valence-electron chi connectivity index (χ3n) is 7.32. The van der Waals surface area contributed by atoms with Crippen molar-refractivity contribution in [1.82, 2.24) is 9.97 Å². The van der Waals surface area contributed by atoms with E-state index in [2.05, 4.69) is 86.7 Å². The summed E-state index contributed by atoms with van der Waals surface area (Å²) < 4.78 is 0.923. The number of hydrogen-bond donors (Lipinski definition) is 0. The molecule has 2 heterocycles. The van der Waals surface area contributed by atoms with Gasteiger partial charge in [-0.3, -0.25) is 0 Å². The SMILES string of the molecule is CCc1cccc2c1C=C(c1ccccn1)[CH]2[Zr][CH]1C(c2ccccn2)=Cc2c(CC)cccc21. The second-order valence-corrected chi connectivity index (χ2v) is 12.9. The van der Waals surface area contributed by atoms with Crippen LogP contribution >= 0.6 is 0 Å². The zero-order chi connectivity index (χ0) is 23.8. The van der Waals surface area contributed by atoms with Gasteiger partial charge in [-0.15, -0.1) is 0 Å². The Hall–Kier alpha value is -2.90. The summed E-state index contributed by atoms with van der Waals surface area (Å²) in [6.45, 7) is 4.53. The molecule has 170 valence electrons. The van der Waals surface area contributed by atoms with Gasteiger partial charge in [0, 0.05) is 0 Å². The Morgan fingerprint density at radius 3 is 1.49 bits per heavy atom. The van der Waals surface area contributed by atoms with Crippen molar-refractivity contribution in [1.29, 1.82) is 0 Å². The van der Waals surface area contributed by atoms with Crippen LogP contribution < -0.4 is 0 Å². The molecule has 2 aliphatic carbocycles. The van der Waals surface area contributed by atoms with E-state index in [4.69, 9.17) is 9.97 Å². The van der Waals surface area contributed by atoms with Crippen molar-refractivity contribution in [3.63, 3.8) is 0 Å². The standard InChI is InChI=1S/2C16H14N.Zr/c2*1-2-12-6-5-7-13-10-14(11-15(12)13)16-8-3-4-9-17-16;/h2*3-11H,2H2,1H3;. The predicted molar refractivity (Wildman–Crippen MR) is 141 cm³/mol. The Labute approximate surface area is 219 Å². The predicted octanol–water partition coefficient (Wildman–Crippen LogP) is 7.57. The van der Waals surface area contributed by atoms with Crippen molar-refractivity contribution in [2.24, 2.45) is 0 Å². The molecule has 4 aromatic rings. The van der Waals surface area contributed by atoms with E-state index in [9.17, 15) is 0 Å². The minimum absolute atomic E-state index is 0.461. The Bertz CT molecular complexity index is 1330. The zero-order valence-electron chi connectivity index (χ0n) is 20.2. The third kappa shape index (κ3) is 4.01. The maximum atomic E-state index is 4.80. The summed E-state index contributed by atoms with van der Waals surface area (Å²) in [5.41, 5.74) is 13.9. The van der Waals surface area contributed by atoms with E-state index in [1.54, 1.807) is 0 Å². The molecule has 2 atom stereocenters. The molecular formula is C32H28N2Zr. The van der Waals surface area contributed by atoms with Gasteiger partial charge in [0.2, 0.25) is 0 Å². The number of nitrogens with zero attached hydrogens (tertiary/aromatic N) is 2. The van der Waals surface area contributed by atoms with Gasteiger partial charge < -0.3 is 0 Å². The van der Waals surface area contributed by atoms with Crippen LogP contribution in [0, 0.1) is 0 Å². The first-order valence-electron chi connectivity index (χ1n) is 12.5. The molecule has 0 aliphatic heterocycles. The fraction of sp³-hybridized carbons (Fsp3) is 0.188. The summed E-state index contributed by atoms with van der Waals surface area (Å²) in [7, 11) is 0. The van der Waals surface area contributed by atoms with Gasteiger partial charge in [-0.25, -0.2) is 0 Å². The second kappa shape index (κ2) is 9.63. The van der Waals surface area contributed by atoms with Crippen molar-refractivity contribution in [3.05, 3.63) is 130 Å². The number of benzene rings is 2. The molecule has 0 spiro atoms. The molecule has 2 aromatic heterocycles. The van der Waals surface area contributed by atoms with Crippen LogP contribution in [-0.4, -0.2) is 9.97 Å². The number of aryl methyl sites for hydroxylation is 2. The number of hydrogen-bond acceptors (Lipinski definition) is 2. The average molecular weight is 532 g/mol. The average Bonchev–Trinajstić information content (AvgIpc) is 3.48. The molecule has 0 N–H and O–H groups in total. The molecule has 2 nitrogen and oxygen atoms in total. The molecule has 6 rings (SSSR count). The van der Waals surface area contributed by atoms with E-state index in [1.807, 2.05) is 24.5 Å². The molecule has 2 aliphatic rings. The van der Waals surface area contributed by atoms with Gasteiger partial charge in [-0.2, -0.15) is 0 Å².